The Balaban J connectivity index is 2.03. The van der Waals surface area contributed by atoms with Gasteiger partial charge in [-0.2, -0.15) is 11.8 Å². The lowest BCUT2D eigenvalue weighted by Crippen LogP contribution is -2.35. The van der Waals surface area contributed by atoms with E-state index in [0.29, 0.717) is 4.75 Å². The first-order chi connectivity index (χ1) is 8.65. The van der Waals surface area contributed by atoms with Gasteiger partial charge in [-0.3, -0.25) is 0 Å². The lowest BCUT2D eigenvalue weighted by Gasteiger charge is -2.36. The van der Waals surface area contributed by atoms with Crippen molar-refractivity contribution in [1.82, 2.24) is 0 Å². The first-order valence-corrected chi connectivity index (χ1v) is 8.51. The van der Waals surface area contributed by atoms with Crippen molar-refractivity contribution in [2.45, 2.75) is 36.9 Å². The summed E-state index contributed by atoms with van der Waals surface area (Å²) in [6, 6.07) is 5.98. The molecule has 0 spiro atoms. The largest absolute Gasteiger partial charge is 0.397 e. The fraction of sp³-hybridized carbons (Fsp3) is 0.571. The second-order valence-corrected chi connectivity index (χ2v) is 7.22. The number of nitrogens with one attached hydrogen (secondary N) is 1. The zero-order valence-corrected chi connectivity index (χ0v) is 13.2. The topological polar surface area (TPSA) is 38.0 Å². The summed E-state index contributed by atoms with van der Waals surface area (Å²) in [5.41, 5.74) is 7.87. The van der Waals surface area contributed by atoms with Gasteiger partial charge in [0.05, 0.1) is 11.4 Å². The van der Waals surface area contributed by atoms with Crippen molar-refractivity contribution in [2.75, 3.05) is 23.9 Å². The van der Waals surface area contributed by atoms with Crippen molar-refractivity contribution in [3.05, 3.63) is 22.7 Å². The fourth-order valence-corrected chi connectivity index (χ4v) is 3.86. The van der Waals surface area contributed by atoms with Crippen molar-refractivity contribution in [1.29, 1.82) is 0 Å². The van der Waals surface area contributed by atoms with E-state index in [0.717, 1.165) is 22.4 Å². The maximum atomic E-state index is 6.00. The number of nitrogen functional groups attached to an aromatic ring is 1. The molecule has 1 aliphatic rings. The van der Waals surface area contributed by atoms with Crippen molar-refractivity contribution < 1.29 is 0 Å². The molecule has 0 unspecified atom stereocenters. The minimum absolute atomic E-state index is 0.396. The molecule has 0 aromatic heterocycles. The molecule has 4 heteroatoms. The third-order valence-corrected chi connectivity index (χ3v) is 5.73. The number of thioether (sulfide) groups is 1. The van der Waals surface area contributed by atoms with Gasteiger partial charge in [-0.1, -0.05) is 35.2 Å². The summed E-state index contributed by atoms with van der Waals surface area (Å²) in [4.78, 5) is 0. The summed E-state index contributed by atoms with van der Waals surface area (Å²) >= 11 is 5.50. The number of benzene rings is 1. The molecule has 1 aromatic rings. The van der Waals surface area contributed by atoms with Crippen molar-refractivity contribution in [3.8, 4) is 0 Å². The van der Waals surface area contributed by atoms with Crippen LogP contribution in [0.5, 0.6) is 0 Å². The molecule has 0 radical (unpaired) electrons. The molecule has 1 fully saturated rings. The summed E-state index contributed by atoms with van der Waals surface area (Å²) in [6.07, 6.45) is 8.97. The van der Waals surface area contributed by atoms with Gasteiger partial charge in [0.1, 0.15) is 0 Å². The third kappa shape index (κ3) is 3.35. The molecule has 0 bridgehead atoms. The predicted octanol–water partition coefficient (Wildman–Crippen LogP) is 4.51. The quantitative estimate of drug-likeness (QED) is 0.798. The monoisotopic (exact) mass is 328 g/mol. The van der Waals surface area contributed by atoms with E-state index in [1.165, 1.54) is 32.1 Å². The van der Waals surface area contributed by atoms with Gasteiger partial charge >= 0.3 is 0 Å². The van der Waals surface area contributed by atoms with Crippen LogP contribution in [0, 0.1) is 0 Å². The zero-order chi connectivity index (χ0) is 13.0. The molecule has 100 valence electrons. The highest BCUT2D eigenvalue weighted by Crippen LogP contribution is 2.39. The summed E-state index contributed by atoms with van der Waals surface area (Å²) in [5, 5.41) is 3.54. The Morgan fingerprint density at radius 2 is 2.06 bits per heavy atom. The molecule has 0 heterocycles. The van der Waals surface area contributed by atoms with Crippen LogP contribution in [0.15, 0.2) is 22.7 Å². The number of rotatable bonds is 4. The number of anilines is 2. The Bertz CT molecular complexity index is 403. The van der Waals surface area contributed by atoms with Crippen LogP contribution in [0.2, 0.25) is 0 Å². The molecule has 1 aliphatic carbocycles. The van der Waals surface area contributed by atoms with Gasteiger partial charge in [-0.15, -0.1) is 0 Å². The highest BCUT2D eigenvalue weighted by molar-refractivity contribution is 9.10. The van der Waals surface area contributed by atoms with Gasteiger partial charge in [0.15, 0.2) is 0 Å². The summed E-state index contributed by atoms with van der Waals surface area (Å²) in [6.45, 7) is 1.01. The lowest BCUT2D eigenvalue weighted by atomic mass is 9.88. The summed E-state index contributed by atoms with van der Waals surface area (Å²) in [7, 11) is 0. The van der Waals surface area contributed by atoms with Crippen LogP contribution >= 0.6 is 27.7 Å². The molecule has 0 amide bonds. The van der Waals surface area contributed by atoms with Crippen LogP contribution in [0.3, 0.4) is 0 Å². The Kier molecular flexibility index (Phi) is 4.84. The highest BCUT2D eigenvalue weighted by Gasteiger charge is 2.30. The first-order valence-electron chi connectivity index (χ1n) is 6.49. The molecular formula is C14H21BrN2S. The van der Waals surface area contributed by atoms with Gasteiger partial charge in [0.25, 0.3) is 0 Å². The van der Waals surface area contributed by atoms with E-state index >= 15 is 0 Å². The van der Waals surface area contributed by atoms with Gasteiger partial charge < -0.3 is 11.1 Å². The maximum absolute atomic E-state index is 6.00. The SMILES string of the molecule is CSC1(CNc2cc(Br)ccc2N)CCCCC1. The molecular weight excluding hydrogens is 308 g/mol. The van der Waals surface area contributed by atoms with E-state index in [-0.39, 0.29) is 0 Å². The molecule has 3 N–H and O–H groups in total. The minimum atomic E-state index is 0.396. The average molecular weight is 329 g/mol. The number of hydrogen-bond acceptors (Lipinski definition) is 3. The molecule has 2 nitrogen and oxygen atoms in total. The normalized spacial score (nSPS) is 18.6. The van der Waals surface area contributed by atoms with E-state index in [1.54, 1.807) is 0 Å². The number of hydrogen-bond donors (Lipinski definition) is 2. The van der Waals surface area contributed by atoms with E-state index < -0.39 is 0 Å². The molecule has 1 aromatic carbocycles. The fourth-order valence-electron chi connectivity index (χ4n) is 2.59. The third-order valence-electron chi connectivity index (χ3n) is 3.81. The van der Waals surface area contributed by atoms with Gasteiger partial charge in [-0.25, -0.2) is 0 Å². The van der Waals surface area contributed by atoms with Crippen LogP contribution in [0.1, 0.15) is 32.1 Å². The molecule has 0 aliphatic heterocycles. The van der Waals surface area contributed by atoms with E-state index in [4.69, 9.17) is 5.73 Å². The van der Waals surface area contributed by atoms with Crippen LogP contribution in [-0.2, 0) is 0 Å². The van der Waals surface area contributed by atoms with Crippen molar-refractivity contribution in [3.63, 3.8) is 0 Å². The van der Waals surface area contributed by atoms with Gasteiger partial charge in [0, 0.05) is 15.8 Å². The first kappa shape index (κ1) is 14.1. The Hall–Kier alpha value is -0.350. The predicted molar refractivity (Wildman–Crippen MR) is 86.4 cm³/mol. The van der Waals surface area contributed by atoms with Crippen LogP contribution in [0.4, 0.5) is 11.4 Å². The van der Waals surface area contributed by atoms with E-state index in [9.17, 15) is 0 Å². The van der Waals surface area contributed by atoms with Gasteiger partial charge in [0.2, 0.25) is 0 Å². The summed E-state index contributed by atoms with van der Waals surface area (Å²) in [5.74, 6) is 0. The molecule has 1 saturated carbocycles. The minimum Gasteiger partial charge on any atom is -0.397 e. The number of halogens is 1. The van der Waals surface area contributed by atoms with Crippen molar-refractivity contribution >= 4 is 39.1 Å². The van der Waals surface area contributed by atoms with Gasteiger partial charge in [-0.05, 0) is 37.3 Å². The molecule has 2 rings (SSSR count). The smallest absolute Gasteiger partial charge is 0.0585 e. The van der Waals surface area contributed by atoms with E-state index in [2.05, 4.69) is 33.6 Å². The molecule has 0 atom stereocenters. The van der Waals surface area contributed by atoms with Crippen LogP contribution in [0.25, 0.3) is 0 Å². The van der Waals surface area contributed by atoms with E-state index in [1.807, 2.05) is 23.9 Å². The Labute approximate surface area is 122 Å². The average Bonchev–Trinajstić information content (AvgIpc) is 2.41. The van der Waals surface area contributed by atoms with Crippen LogP contribution in [-0.4, -0.2) is 17.5 Å². The zero-order valence-electron chi connectivity index (χ0n) is 10.8. The van der Waals surface area contributed by atoms with Crippen molar-refractivity contribution in [2.24, 2.45) is 0 Å². The molecule has 18 heavy (non-hydrogen) atoms. The van der Waals surface area contributed by atoms with Crippen LogP contribution < -0.4 is 11.1 Å². The summed E-state index contributed by atoms with van der Waals surface area (Å²) < 4.78 is 1.47. The second-order valence-electron chi connectivity index (χ2n) is 5.03. The molecule has 0 saturated heterocycles. The second kappa shape index (κ2) is 6.20. The highest BCUT2D eigenvalue weighted by atomic mass is 79.9. The Morgan fingerprint density at radius 3 is 2.72 bits per heavy atom. The Morgan fingerprint density at radius 1 is 1.33 bits per heavy atom. The standard InChI is InChI=1S/C14H21BrN2S/c1-18-14(7-3-2-4-8-14)10-17-13-9-11(15)5-6-12(13)16/h5-6,9,17H,2-4,7-8,10,16H2,1H3. The number of nitrogens with two attached hydrogens (primary N) is 1. The maximum Gasteiger partial charge on any atom is 0.0585 e. The lowest BCUT2D eigenvalue weighted by molar-refractivity contribution is 0.411.